The molecule has 3 amide bonds. The van der Waals surface area contributed by atoms with Crippen molar-refractivity contribution in [2.45, 2.75) is 19.4 Å². The van der Waals surface area contributed by atoms with Crippen molar-refractivity contribution in [1.82, 2.24) is 5.32 Å². The molecule has 3 N–H and O–H groups in total. The second-order valence-electron chi connectivity index (χ2n) is 8.26. The summed E-state index contributed by atoms with van der Waals surface area (Å²) in [7, 11) is 3.21. The summed E-state index contributed by atoms with van der Waals surface area (Å²) in [5.41, 5.74) is 3.57. The molecule has 0 spiro atoms. The van der Waals surface area contributed by atoms with Crippen LogP contribution in [0.5, 0.6) is 11.5 Å². The Morgan fingerprint density at radius 2 is 1.46 bits per heavy atom. The minimum atomic E-state index is -0.383. The topological polar surface area (TPSA) is 91.9 Å². The van der Waals surface area contributed by atoms with Crippen molar-refractivity contribution in [3.05, 3.63) is 77.9 Å². The molecule has 1 saturated heterocycles. The molecule has 35 heavy (non-hydrogen) atoms. The standard InChI is InChI=1S/C27H30N4O4/c1-34-22-10-5-19(6-11-22)18-28-26(32)20-7-14-25(31-15-3-4-16-31)24(17-20)30-27(33)29-21-8-12-23(35-2)13-9-21/h5-14,17H,3-4,15-16,18H2,1-2H3,(H,28,32)(H2,29,30,33). The van der Waals surface area contributed by atoms with Gasteiger partial charge in [-0.3, -0.25) is 4.79 Å². The lowest BCUT2D eigenvalue weighted by molar-refractivity contribution is 0.0951. The summed E-state index contributed by atoms with van der Waals surface area (Å²) >= 11 is 0. The molecule has 0 aromatic heterocycles. The Balaban J connectivity index is 1.47. The highest BCUT2D eigenvalue weighted by molar-refractivity contribution is 6.04. The molecule has 1 aliphatic heterocycles. The number of nitrogens with zero attached hydrogens (tertiary/aromatic N) is 1. The molecular formula is C27H30N4O4. The predicted molar refractivity (Wildman–Crippen MR) is 138 cm³/mol. The summed E-state index contributed by atoms with van der Waals surface area (Å²) in [5.74, 6) is 1.26. The normalized spacial score (nSPS) is 12.7. The first-order valence-corrected chi connectivity index (χ1v) is 11.6. The van der Waals surface area contributed by atoms with Gasteiger partial charge in [0.2, 0.25) is 0 Å². The van der Waals surface area contributed by atoms with Crippen LogP contribution in [0.1, 0.15) is 28.8 Å². The summed E-state index contributed by atoms with van der Waals surface area (Å²) in [5, 5.41) is 8.70. The monoisotopic (exact) mass is 474 g/mol. The molecule has 3 aromatic carbocycles. The molecule has 0 radical (unpaired) electrons. The van der Waals surface area contributed by atoms with E-state index in [1.807, 2.05) is 30.3 Å². The van der Waals surface area contributed by atoms with Crippen molar-refractivity contribution in [3.8, 4) is 11.5 Å². The van der Waals surface area contributed by atoms with Crippen molar-refractivity contribution in [3.63, 3.8) is 0 Å². The molecule has 1 aliphatic rings. The van der Waals surface area contributed by atoms with Gasteiger partial charge >= 0.3 is 6.03 Å². The maximum Gasteiger partial charge on any atom is 0.323 e. The van der Waals surface area contributed by atoms with E-state index in [0.29, 0.717) is 29.2 Å². The van der Waals surface area contributed by atoms with Gasteiger partial charge in [-0.15, -0.1) is 0 Å². The number of ether oxygens (including phenoxy) is 2. The fraction of sp³-hybridized carbons (Fsp3) is 0.259. The van der Waals surface area contributed by atoms with E-state index in [-0.39, 0.29) is 11.9 Å². The van der Waals surface area contributed by atoms with Crippen LogP contribution >= 0.6 is 0 Å². The fourth-order valence-electron chi connectivity index (χ4n) is 4.00. The van der Waals surface area contributed by atoms with Crippen LogP contribution in [0, 0.1) is 0 Å². The van der Waals surface area contributed by atoms with Crippen molar-refractivity contribution < 1.29 is 19.1 Å². The van der Waals surface area contributed by atoms with Crippen molar-refractivity contribution in [2.75, 3.05) is 42.8 Å². The average Bonchev–Trinajstić information content (AvgIpc) is 3.43. The molecule has 182 valence electrons. The van der Waals surface area contributed by atoms with E-state index in [1.165, 1.54) is 0 Å². The van der Waals surface area contributed by atoms with Crippen LogP contribution in [0.4, 0.5) is 21.9 Å². The first kappa shape index (κ1) is 23.9. The number of benzene rings is 3. The van der Waals surface area contributed by atoms with Gasteiger partial charge in [0.25, 0.3) is 5.91 Å². The Labute approximate surface area is 205 Å². The van der Waals surface area contributed by atoms with Gasteiger partial charge in [-0.05, 0) is 73.0 Å². The van der Waals surface area contributed by atoms with Gasteiger partial charge in [0.05, 0.1) is 25.6 Å². The zero-order valence-electron chi connectivity index (χ0n) is 20.0. The van der Waals surface area contributed by atoms with Gasteiger partial charge < -0.3 is 30.3 Å². The maximum absolute atomic E-state index is 12.9. The molecule has 1 heterocycles. The van der Waals surface area contributed by atoms with Gasteiger partial charge in [-0.25, -0.2) is 4.79 Å². The average molecular weight is 475 g/mol. The number of nitrogens with one attached hydrogen (secondary N) is 3. The summed E-state index contributed by atoms with van der Waals surface area (Å²) in [6.07, 6.45) is 2.20. The van der Waals surface area contributed by atoms with Gasteiger partial charge in [0.1, 0.15) is 11.5 Å². The third-order valence-electron chi connectivity index (χ3n) is 5.91. The number of carbonyl (C=O) groups excluding carboxylic acids is 2. The summed E-state index contributed by atoms with van der Waals surface area (Å²) < 4.78 is 10.3. The smallest absolute Gasteiger partial charge is 0.323 e. The van der Waals surface area contributed by atoms with Crippen molar-refractivity contribution >= 4 is 29.0 Å². The molecule has 0 saturated carbocycles. The van der Waals surface area contributed by atoms with Crippen LogP contribution in [-0.2, 0) is 6.54 Å². The third kappa shape index (κ3) is 6.23. The first-order chi connectivity index (χ1) is 17.1. The van der Waals surface area contributed by atoms with Crippen molar-refractivity contribution in [1.29, 1.82) is 0 Å². The van der Waals surface area contributed by atoms with Gasteiger partial charge in [-0.2, -0.15) is 0 Å². The van der Waals surface area contributed by atoms with Gasteiger partial charge in [0, 0.05) is 30.9 Å². The maximum atomic E-state index is 12.9. The van der Waals surface area contributed by atoms with Crippen LogP contribution < -0.4 is 30.3 Å². The number of amides is 3. The van der Waals surface area contributed by atoms with Crippen LogP contribution in [0.3, 0.4) is 0 Å². The number of hydrogen-bond acceptors (Lipinski definition) is 5. The number of urea groups is 1. The molecular weight excluding hydrogens is 444 g/mol. The largest absolute Gasteiger partial charge is 0.497 e. The van der Waals surface area contributed by atoms with Crippen LogP contribution in [-0.4, -0.2) is 39.2 Å². The SMILES string of the molecule is COc1ccc(CNC(=O)c2ccc(N3CCCC3)c(NC(=O)Nc3ccc(OC)cc3)c2)cc1. The number of anilines is 3. The second-order valence-corrected chi connectivity index (χ2v) is 8.26. The fourth-order valence-corrected chi connectivity index (χ4v) is 4.00. The summed E-state index contributed by atoms with van der Waals surface area (Å²) in [6.45, 7) is 2.22. The minimum Gasteiger partial charge on any atom is -0.497 e. The van der Waals surface area contributed by atoms with E-state index in [2.05, 4.69) is 20.9 Å². The van der Waals surface area contributed by atoms with E-state index >= 15 is 0 Å². The van der Waals surface area contributed by atoms with Crippen LogP contribution in [0.2, 0.25) is 0 Å². The molecule has 8 heteroatoms. The molecule has 0 aliphatic carbocycles. The van der Waals surface area contributed by atoms with E-state index in [1.54, 1.807) is 50.6 Å². The highest BCUT2D eigenvalue weighted by Gasteiger charge is 2.19. The second kappa shape index (κ2) is 11.3. The summed E-state index contributed by atoms with van der Waals surface area (Å²) in [4.78, 5) is 27.9. The number of methoxy groups -OCH3 is 2. The zero-order chi connectivity index (χ0) is 24.6. The Morgan fingerprint density at radius 3 is 2.09 bits per heavy atom. The minimum absolute atomic E-state index is 0.215. The third-order valence-corrected chi connectivity index (χ3v) is 5.91. The lowest BCUT2D eigenvalue weighted by Crippen LogP contribution is -2.26. The summed E-state index contributed by atoms with van der Waals surface area (Å²) in [6, 6.07) is 19.7. The highest BCUT2D eigenvalue weighted by atomic mass is 16.5. The number of rotatable bonds is 8. The van der Waals surface area contributed by atoms with Crippen LogP contribution in [0.15, 0.2) is 66.7 Å². The highest BCUT2D eigenvalue weighted by Crippen LogP contribution is 2.30. The first-order valence-electron chi connectivity index (χ1n) is 11.6. The molecule has 0 atom stereocenters. The number of hydrogen-bond donors (Lipinski definition) is 3. The predicted octanol–water partition coefficient (Wildman–Crippen LogP) is 4.88. The zero-order valence-corrected chi connectivity index (χ0v) is 20.0. The van der Waals surface area contributed by atoms with E-state index in [9.17, 15) is 9.59 Å². The Bertz CT molecular complexity index is 1160. The van der Waals surface area contributed by atoms with Gasteiger partial charge in [0.15, 0.2) is 0 Å². The van der Waals surface area contributed by atoms with E-state index < -0.39 is 0 Å². The Kier molecular flexibility index (Phi) is 7.72. The molecule has 3 aromatic rings. The van der Waals surface area contributed by atoms with Crippen LogP contribution in [0.25, 0.3) is 0 Å². The lowest BCUT2D eigenvalue weighted by Gasteiger charge is -2.22. The molecule has 1 fully saturated rings. The lowest BCUT2D eigenvalue weighted by atomic mass is 10.1. The Morgan fingerprint density at radius 1 is 0.829 bits per heavy atom. The molecule has 0 unspecified atom stereocenters. The molecule has 4 rings (SSSR count). The number of carbonyl (C=O) groups is 2. The Hall–Kier alpha value is -4.20. The molecule has 8 nitrogen and oxygen atoms in total. The quantitative estimate of drug-likeness (QED) is 0.433. The van der Waals surface area contributed by atoms with E-state index in [0.717, 1.165) is 42.9 Å². The van der Waals surface area contributed by atoms with Gasteiger partial charge in [-0.1, -0.05) is 12.1 Å². The molecule has 0 bridgehead atoms. The van der Waals surface area contributed by atoms with Crippen molar-refractivity contribution in [2.24, 2.45) is 0 Å². The van der Waals surface area contributed by atoms with E-state index in [4.69, 9.17) is 9.47 Å².